The van der Waals surface area contributed by atoms with Gasteiger partial charge in [-0.15, -0.1) is 0 Å². The van der Waals surface area contributed by atoms with Crippen LogP contribution in [0.3, 0.4) is 0 Å². The zero-order valence-corrected chi connectivity index (χ0v) is 73.1. The molecule has 3 atom stereocenters. The van der Waals surface area contributed by atoms with E-state index in [-0.39, 0.29) is 34.3 Å². The lowest BCUT2D eigenvalue weighted by molar-refractivity contribution is -0.136. The summed E-state index contributed by atoms with van der Waals surface area (Å²) in [5.41, 5.74) is 19.1. The molecule has 12 aromatic heterocycles. The topological polar surface area (TPSA) is 256 Å². The van der Waals surface area contributed by atoms with Gasteiger partial charge in [-0.3, -0.25) is 39.2 Å². The van der Waals surface area contributed by atoms with Crippen molar-refractivity contribution in [1.82, 2.24) is 98.2 Å². The predicted molar refractivity (Wildman–Crippen MR) is 491 cm³/mol. The third kappa shape index (κ3) is 19.9. The van der Waals surface area contributed by atoms with E-state index >= 15 is 0 Å². The molecule has 5 aliphatic rings. The monoisotopic (exact) mass is 1670 g/mol. The summed E-state index contributed by atoms with van der Waals surface area (Å²) in [5.74, 6) is 3.49. The molecule has 4 amide bonds. The Morgan fingerprint density at radius 1 is 0.384 bits per heavy atom. The Bertz CT molecular complexity index is 6120. The molecule has 3 aromatic carbocycles. The van der Waals surface area contributed by atoms with E-state index in [1.165, 1.54) is 48.7 Å². The van der Waals surface area contributed by atoms with Gasteiger partial charge in [-0.2, -0.15) is 20.4 Å². The third-order valence-corrected chi connectivity index (χ3v) is 26.5. The van der Waals surface area contributed by atoms with Crippen molar-refractivity contribution in [1.29, 1.82) is 0 Å². The lowest BCUT2D eigenvalue weighted by Gasteiger charge is -2.33. The maximum Gasteiger partial charge on any atom is 0.254 e. The van der Waals surface area contributed by atoms with Crippen molar-refractivity contribution in [3.05, 3.63) is 255 Å². The highest BCUT2D eigenvalue weighted by Gasteiger charge is 2.44. The molecular formula is C101H116N20O4. The Morgan fingerprint density at radius 2 is 0.760 bits per heavy atom. The number of hydrogen-bond donors (Lipinski definition) is 3. The minimum Gasteiger partial charge on any atom is -0.346 e. The van der Waals surface area contributed by atoms with E-state index < -0.39 is 0 Å². The number of nitrogens with one attached hydrogen (secondary N) is 3. The van der Waals surface area contributed by atoms with Crippen LogP contribution in [0.15, 0.2) is 238 Å². The summed E-state index contributed by atoms with van der Waals surface area (Å²) >= 11 is 0. The molecule has 1 aliphatic carbocycles. The van der Waals surface area contributed by atoms with E-state index in [0.29, 0.717) is 48.3 Å². The standard InChI is InChI=1S/2C26H29N5O.C25H33N5O.C24H25N5O/c1-26(2)14-20(18-31(26)25(32)11-8-19-6-4-3-5-7-19)17-30-13-12-23-24(30)10-9-22(29-23)21-15-27-28-16-21;1-29-19-22(17-27-29)23-8-9-25-24(28-23)13-16-31(25)18-21-11-14-30(15-12-21)26(32)10-7-20-5-3-2-4-6-20;1-25(2)13-19(17-30(25)24(31)12-18-6-4-3-5-7-18)16-29-11-10-22-23(29)9-8-21(28-22)20-14-26-27-15-20;1-24(2)12-17(16-29(24)23(30)18-6-4-3-5-7-18)15-28-11-10-21-22(28)9-8-20(27-21)19-13-25-26-14-19/h3-7,9-10,12-13,15-16,20H,8,11,14,17-18H2,1-2H3,(H,27,28);2-6,8-9,13,16-17,19,21H,7,10-12,14-15,18H2,1H3;8-11,14-15,18-19H,3-7,12-13,16-17H2,1-2H3,(H,26,27);3-11,13-14,17H,12,15-16H2,1-2H3,(H,25,26). The second-order valence-electron chi connectivity index (χ2n) is 37.1. The van der Waals surface area contributed by atoms with Gasteiger partial charge >= 0.3 is 0 Å². The van der Waals surface area contributed by atoms with E-state index in [4.69, 9.17) is 19.9 Å². The molecule has 5 fully saturated rings. The number of aryl methyl sites for hydroxylation is 3. The average Bonchev–Trinajstić information content (AvgIpc) is 1.64. The van der Waals surface area contributed by atoms with Crippen LogP contribution in [0.2, 0.25) is 0 Å². The molecule has 0 radical (unpaired) electrons. The maximum absolute atomic E-state index is 13.1. The van der Waals surface area contributed by atoms with Gasteiger partial charge in [-0.05, 0) is 225 Å². The van der Waals surface area contributed by atoms with Gasteiger partial charge in [0.25, 0.3) is 5.91 Å². The molecule has 16 heterocycles. The number of hydrogen-bond acceptors (Lipinski definition) is 12. The number of carbonyl (C=O) groups is 4. The van der Waals surface area contributed by atoms with E-state index in [0.717, 1.165) is 199 Å². The van der Waals surface area contributed by atoms with E-state index in [2.05, 4.69) is 220 Å². The van der Waals surface area contributed by atoms with E-state index in [9.17, 15) is 19.2 Å². The van der Waals surface area contributed by atoms with Crippen molar-refractivity contribution >= 4 is 67.8 Å². The normalized spacial score (nSPS) is 18.1. The summed E-state index contributed by atoms with van der Waals surface area (Å²) in [6.07, 6.45) is 38.3. The van der Waals surface area contributed by atoms with Crippen molar-refractivity contribution in [3.63, 3.8) is 0 Å². The molecule has 4 aliphatic heterocycles. The molecule has 24 nitrogen and oxygen atoms in total. The Morgan fingerprint density at radius 3 is 1.16 bits per heavy atom. The molecule has 0 bridgehead atoms. The minimum absolute atomic E-state index is 0.0634. The second kappa shape index (κ2) is 37.3. The molecule has 4 saturated heterocycles. The summed E-state index contributed by atoms with van der Waals surface area (Å²) in [5, 5.41) is 24.8. The molecule has 3 N–H and O–H groups in total. The molecule has 644 valence electrons. The lowest BCUT2D eigenvalue weighted by Crippen LogP contribution is -2.43. The van der Waals surface area contributed by atoms with Gasteiger partial charge in [0.2, 0.25) is 17.7 Å². The summed E-state index contributed by atoms with van der Waals surface area (Å²) in [4.78, 5) is 79.4. The number of amides is 4. The summed E-state index contributed by atoms with van der Waals surface area (Å²) in [7, 11) is 1.92. The number of H-pyrrole nitrogens is 3. The van der Waals surface area contributed by atoms with Gasteiger partial charge in [0.15, 0.2) is 0 Å². The first-order valence-corrected chi connectivity index (χ1v) is 44.8. The number of aromatic amines is 3. The number of piperidine rings is 1. The van der Waals surface area contributed by atoms with Crippen LogP contribution in [-0.2, 0) is 60.5 Å². The smallest absolute Gasteiger partial charge is 0.254 e. The van der Waals surface area contributed by atoms with Gasteiger partial charge in [-0.25, -0.2) is 19.9 Å². The first-order valence-electron chi connectivity index (χ1n) is 44.8. The predicted octanol–water partition coefficient (Wildman–Crippen LogP) is 18.4. The summed E-state index contributed by atoms with van der Waals surface area (Å²) < 4.78 is 11.0. The average molecular weight is 1670 g/mol. The first kappa shape index (κ1) is 84.4. The lowest BCUT2D eigenvalue weighted by atomic mass is 9.86. The Kier molecular flexibility index (Phi) is 25.2. The van der Waals surface area contributed by atoms with Crippen LogP contribution in [0.25, 0.3) is 89.2 Å². The van der Waals surface area contributed by atoms with Crippen LogP contribution < -0.4 is 0 Å². The Balaban J connectivity index is 0.000000118. The third-order valence-electron chi connectivity index (χ3n) is 26.5. The van der Waals surface area contributed by atoms with Gasteiger partial charge < -0.3 is 37.9 Å². The number of pyridine rings is 4. The van der Waals surface area contributed by atoms with Crippen LogP contribution in [0.4, 0.5) is 0 Å². The van der Waals surface area contributed by atoms with E-state index in [1.807, 2.05) is 122 Å². The quantitative estimate of drug-likeness (QED) is 0.0607. The number of nitrogens with zero attached hydrogens (tertiary/aromatic N) is 17. The molecule has 1 saturated carbocycles. The molecular weight excluding hydrogens is 1560 g/mol. The van der Waals surface area contributed by atoms with Crippen molar-refractivity contribution in [2.45, 2.75) is 181 Å². The largest absolute Gasteiger partial charge is 0.346 e. The maximum atomic E-state index is 13.1. The molecule has 0 spiro atoms. The number of likely N-dealkylation sites (tertiary alicyclic amines) is 4. The Hall–Kier alpha value is -12.9. The highest BCUT2D eigenvalue weighted by atomic mass is 16.2. The van der Waals surface area contributed by atoms with Gasteiger partial charge in [0.1, 0.15) is 0 Å². The molecule has 20 rings (SSSR count). The molecule has 24 heteroatoms. The number of carbonyl (C=O) groups excluding carboxylic acids is 4. The van der Waals surface area contributed by atoms with Gasteiger partial charge in [0, 0.05) is 179 Å². The van der Waals surface area contributed by atoms with Gasteiger partial charge in [-0.1, -0.05) is 98.1 Å². The summed E-state index contributed by atoms with van der Waals surface area (Å²) in [6.45, 7) is 21.0. The number of rotatable bonds is 21. The molecule has 125 heavy (non-hydrogen) atoms. The number of fused-ring (bicyclic) bond motifs is 4. The minimum atomic E-state index is -0.159. The first-order chi connectivity index (χ1) is 60.6. The van der Waals surface area contributed by atoms with Crippen LogP contribution in [0.5, 0.6) is 0 Å². The van der Waals surface area contributed by atoms with Gasteiger partial charge in [0.05, 0.1) is 91.7 Å². The van der Waals surface area contributed by atoms with Crippen molar-refractivity contribution in [2.24, 2.45) is 36.6 Å². The zero-order chi connectivity index (χ0) is 86.2. The van der Waals surface area contributed by atoms with Crippen molar-refractivity contribution < 1.29 is 19.2 Å². The summed E-state index contributed by atoms with van der Waals surface area (Å²) in [6, 6.07) is 55.2. The fourth-order valence-corrected chi connectivity index (χ4v) is 20.1. The highest BCUT2D eigenvalue weighted by molar-refractivity contribution is 5.95. The number of aromatic nitrogens is 16. The van der Waals surface area contributed by atoms with Crippen molar-refractivity contribution in [3.8, 4) is 45.0 Å². The van der Waals surface area contributed by atoms with Crippen LogP contribution in [0, 0.1) is 29.6 Å². The van der Waals surface area contributed by atoms with Crippen LogP contribution >= 0.6 is 0 Å². The number of benzene rings is 3. The molecule has 3 unspecified atom stereocenters. The molecule has 15 aromatic rings. The second-order valence-corrected chi connectivity index (χ2v) is 37.1. The fraction of sp³-hybridized carbons (Fsp3) is 0.386. The SMILES string of the molecule is CC1(C)CC(Cn2ccc3nc(-c4cn[nH]c4)ccc32)CN1C(=O)CC1CCCCC1.CC1(C)CC(Cn2ccc3nc(-c4cn[nH]c4)ccc32)CN1C(=O)CCc1ccccc1.CC1(C)CC(Cn2ccc3nc(-c4cn[nH]c4)ccc32)CN1C(=O)c1ccccc1.Cn1cc(-c2ccc3c(ccn3CC3CCN(C(=O)CCc4ccccc4)CC3)n2)cn1. The fourth-order valence-electron chi connectivity index (χ4n) is 20.1. The van der Waals surface area contributed by atoms with Crippen LogP contribution in [0.1, 0.15) is 146 Å². The zero-order valence-electron chi connectivity index (χ0n) is 73.1. The van der Waals surface area contributed by atoms with E-state index in [1.54, 1.807) is 23.3 Å². The highest BCUT2D eigenvalue weighted by Crippen LogP contribution is 2.40. The van der Waals surface area contributed by atoms with Crippen molar-refractivity contribution in [2.75, 3.05) is 32.7 Å². The Labute approximate surface area is 730 Å². The van der Waals surface area contributed by atoms with Crippen LogP contribution in [-0.4, -0.2) is 171 Å².